The first-order valence-electron chi connectivity index (χ1n) is 26.9. The lowest BCUT2D eigenvalue weighted by molar-refractivity contribution is -0.138. The number of rotatable bonds is 15. The van der Waals surface area contributed by atoms with Crippen LogP contribution in [0.25, 0.3) is 22.1 Å². The number of hydrogen-bond donors (Lipinski definition) is 4. The van der Waals surface area contributed by atoms with Gasteiger partial charge in [-0.2, -0.15) is 0 Å². The minimum Gasteiger partial charge on any atom is -0.453 e. The number of amides is 4. The zero-order chi connectivity index (χ0) is 55.8. The average Bonchev–Trinajstić information content (AvgIpc) is 4.39. The Kier molecular flexibility index (Phi) is 16.0. The van der Waals surface area contributed by atoms with Crippen molar-refractivity contribution in [2.45, 2.75) is 120 Å². The number of nitrogens with zero attached hydrogens (tertiary/aromatic N) is 6. The van der Waals surface area contributed by atoms with Gasteiger partial charge in [-0.15, -0.1) is 0 Å². The highest BCUT2D eigenvalue weighted by molar-refractivity contribution is 5.88. The fraction of sp³-hybridized carbons (Fsp3) is 0.474. The molecule has 0 radical (unpaired) electrons. The minimum absolute atomic E-state index is 0.0843. The Labute approximate surface area is 454 Å². The largest absolute Gasteiger partial charge is 0.453 e. The van der Waals surface area contributed by atoms with Crippen LogP contribution in [0.3, 0.4) is 0 Å². The second-order valence-corrected chi connectivity index (χ2v) is 21.0. The van der Waals surface area contributed by atoms with Gasteiger partial charge >= 0.3 is 12.2 Å². The third kappa shape index (κ3) is 10.8. The lowest BCUT2D eigenvalue weighted by atomic mass is 9.89. The van der Waals surface area contributed by atoms with E-state index in [2.05, 4.69) is 32.7 Å². The highest BCUT2D eigenvalue weighted by Crippen LogP contribution is 2.50. The number of alkyl carbamates (subject to hydrolysis) is 2. The molecule has 4 fully saturated rings. The van der Waals surface area contributed by atoms with Gasteiger partial charge in [0.05, 0.1) is 72.7 Å². The molecule has 0 saturated carbocycles. The molecule has 6 aromatic rings. The van der Waals surface area contributed by atoms with Crippen molar-refractivity contribution in [1.82, 2.24) is 40.4 Å². The Morgan fingerprint density at radius 1 is 0.582 bits per heavy atom. The number of benzene rings is 4. The van der Waals surface area contributed by atoms with Crippen LogP contribution in [0.15, 0.2) is 66.7 Å². The number of fused-ring (bicyclic) bond motifs is 2. The van der Waals surface area contributed by atoms with Crippen molar-refractivity contribution in [1.29, 1.82) is 0 Å². The first-order chi connectivity index (χ1) is 38.1. The molecule has 4 aliphatic rings. The molecule has 0 unspecified atom stereocenters. The smallest absolute Gasteiger partial charge is 0.407 e. The molecule has 22 heteroatoms. The molecule has 18 nitrogen and oxygen atoms in total. The summed E-state index contributed by atoms with van der Waals surface area (Å²) in [5.41, 5.74) is 2.89. The van der Waals surface area contributed by atoms with Gasteiger partial charge in [0.2, 0.25) is 11.8 Å². The summed E-state index contributed by atoms with van der Waals surface area (Å²) in [6, 6.07) is 13.4. The van der Waals surface area contributed by atoms with Crippen molar-refractivity contribution in [2.75, 3.05) is 64.4 Å². The van der Waals surface area contributed by atoms with Gasteiger partial charge in [-0.3, -0.25) is 9.59 Å². The zero-order valence-electron chi connectivity index (χ0n) is 45.0. The molecule has 4 saturated heterocycles. The van der Waals surface area contributed by atoms with E-state index in [9.17, 15) is 19.2 Å². The summed E-state index contributed by atoms with van der Waals surface area (Å²) in [4.78, 5) is 75.5. The molecule has 6 heterocycles. The summed E-state index contributed by atoms with van der Waals surface area (Å²) < 4.78 is 88.2. The monoisotopic (exact) mass is 1090 g/mol. The number of piperidine rings is 1. The lowest BCUT2D eigenvalue weighted by Crippen LogP contribution is -2.54. The Balaban J connectivity index is 0.994. The summed E-state index contributed by atoms with van der Waals surface area (Å²) in [5, 5.41) is 5.16. The number of H-pyrrole nitrogens is 2. The van der Waals surface area contributed by atoms with Crippen LogP contribution in [0.2, 0.25) is 0 Å². The molecule has 8 atom stereocenters. The van der Waals surface area contributed by atoms with E-state index in [0.29, 0.717) is 87.4 Å². The number of nitrogens with one attached hydrogen (secondary N) is 4. The molecular formula is C57H66F4N10O8. The molecule has 4 amide bonds. The minimum atomic E-state index is -1.07. The van der Waals surface area contributed by atoms with Crippen molar-refractivity contribution in [3.63, 3.8) is 0 Å². The number of halogens is 4. The quantitative estimate of drug-likeness (QED) is 0.0712. The van der Waals surface area contributed by atoms with Gasteiger partial charge in [0.25, 0.3) is 0 Å². The average molecular weight is 1100 g/mol. The van der Waals surface area contributed by atoms with Crippen LogP contribution in [-0.2, 0) is 28.5 Å². The summed E-state index contributed by atoms with van der Waals surface area (Å²) >= 11 is 0. The normalized spacial score (nSPS) is 21.4. The second kappa shape index (κ2) is 23.1. The summed E-state index contributed by atoms with van der Waals surface area (Å²) in [5.74, 6) is -2.69. The number of aromatic nitrogens is 4. The fourth-order valence-corrected chi connectivity index (χ4v) is 12.3. The molecule has 4 aliphatic heterocycles. The van der Waals surface area contributed by atoms with Gasteiger partial charge in [-0.05, 0) is 101 Å². The van der Waals surface area contributed by atoms with Crippen molar-refractivity contribution in [3.8, 4) is 0 Å². The second-order valence-electron chi connectivity index (χ2n) is 21.0. The maximum atomic E-state index is 17.0. The van der Waals surface area contributed by atoms with Crippen molar-refractivity contribution >= 4 is 57.4 Å². The number of anilines is 2. The van der Waals surface area contributed by atoms with Gasteiger partial charge in [0.1, 0.15) is 41.1 Å². The van der Waals surface area contributed by atoms with Gasteiger partial charge in [0, 0.05) is 69.3 Å². The maximum absolute atomic E-state index is 17.0. The van der Waals surface area contributed by atoms with E-state index in [4.69, 9.17) is 28.9 Å². The molecule has 10 rings (SSSR count). The number of carbonyl (C=O) groups excluding carboxylic acids is 4. The standard InChI is InChI=1S/C57H66F4N10O8/c1-30(76-3)49(66-56(74)78-5)54(72)69-20-10-14-47(69)52-62-41-26-35(37(58)28-43(41)64-52)45-16-17-46(71(45)34-24-39(60)51(40(61)25-34)68-22-18-33(19-23-68)32-12-8-7-9-13-32)36-27-42-44(29-38(36)59)65-53(63-42)48-15-11-21-70(48)55(73)50(31(2)77-4)67-57(75)79-6/h7-9,12-13,24-31,33,45-50H,10-11,14-23H2,1-6H3,(H,62,64)(H,63,65)(H,66,74)(H,67,75)/t30-,31-,45-,46-,47-,48+,49-,50+/m1/s1. The first kappa shape index (κ1) is 54.9. The van der Waals surface area contributed by atoms with E-state index in [1.807, 2.05) is 18.2 Å². The van der Waals surface area contributed by atoms with E-state index >= 15 is 17.6 Å². The number of hydrogen-bond acceptors (Lipinski definition) is 12. The Hall–Kier alpha value is -7.46. The summed E-state index contributed by atoms with van der Waals surface area (Å²) in [6.07, 6.45) is 1.17. The van der Waals surface area contributed by atoms with Crippen LogP contribution < -0.4 is 20.4 Å². The number of aromatic amines is 2. The van der Waals surface area contributed by atoms with Crippen LogP contribution >= 0.6 is 0 Å². The molecule has 420 valence electrons. The summed E-state index contributed by atoms with van der Waals surface area (Å²) in [6.45, 7) is 4.87. The lowest BCUT2D eigenvalue weighted by Gasteiger charge is -2.36. The molecule has 0 spiro atoms. The number of ether oxygens (including phenoxy) is 4. The molecule has 4 aromatic carbocycles. The Morgan fingerprint density at radius 2 is 1.04 bits per heavy atom. The Morgan fingerprint density at radius 3 is 1.47 bits per heavy atom. The van der Waals surface area contributed by atoms with E-state index in [-0.39, 0.29) is 52.3 Å². The molecule has 79 heavy (non-hydrogen) atoms. The molecule has 0 aliphatic carbocycles. The zero-order valence-corrected chi connectivity index (χ0v) is 45.0. The molecular weight excluding hydrogens is 1030 g/mol. The predicted octanol–water partition coefficient (Wildman–Crippen LogP) is 9.31. The van der Waals surface area contributed by atoms with E-state index in [1.54, 1.807) is 45.6 Å². The van der Waals surface area contributed by atoms with Crippen molar-refractivity contribution in [3.05, 3.63) is 118 Å². The van der Waals surface area contributed by atoms with Gasteiger partial charge in [-0.1, -0.05) is 30.3 Å². The Bertz CT molecular complexity index is 3050. The highest BCUT2D eigenvalue weighted by atomic mass is 19.1. The summed E-state index contributed by atoms with van der Waals surface area (Å²) in [7, 11) is 5.26. The predicted molar refractivity (Wildman–Crippen MR) is 285 cm³/mol. The van der Waals surface area contributed by atoms with Crippen LogP contribution in [-0.4, -0.2) is 133 Å². The molecule has 2 aromatic heterocycles. The SMILES string of the molecule is COC(=O)N[C@H](C(=O)N1CCC[C@H]1c1nc2cc(F)c([C@H]3CC[C@H](c4cc5[nH]c([C@H]6CCCN6C(=O)[C@H](NC(=O)OC)[C@@H](C)OC)nc5cc4F)N3c3cc(F)c(N4CCC(c5ccccc5)CC4)c(F)c3)cc2[nH]1)[C@@H](C)OC. The van der Waals surface area contributed by atoms with Crippen LogP contribution in [0.1, 0.15) is 124 Å². The first-order valence-corrected chi connectivity index (χ1v) is 26.9. The van der Waals surface area contributed by atoms with Crippen LogP contribution in [0.4, 0.5) is 38.5 Å². The number of carbonyl (C=O) groups is 4. The van der Waals surface area contributed by atoms with Gasteiger partial charge in [-0.25, -0.2) is 37.1 Å². The van der Waals surface area contributed by atoms with Crippen LogP contribution in [0, 0.1) is 23.3 Å². The number of likely N-dealkylation sites (tertiary alicyclic amines) is 2. The topological polar surface area (TPSA) is 200 Å². The van der Waals surface area contributed by atoms with Crippen molar-refractivity contribution in [2.24, 2.45) is 0 Å². The third-order valence-corrected chi connectivity index (χ3v) is 16.6. The highest BCUT2D eigenvalue weighted by Gasteiger charge is 2.43. The molecule has 4 N–H and O–H groups in total. The number of methoxy groups -OCH3 is 4. The van der Waals surface area contributed by atoms with Gasteiger partial charge < -0.3 is 59.1 Å². The van der Waals surface area contributed by atoms with Gasteiger partial charge in [0.15, 0.2) is 11.6 Å². The third-order valence-electron chi connectivity index (χ3n) is 16.6. The van der Waals surface area contributed by atoms with Crippen LogP contribution in [0.5, 0.6) is 0 Å². The fourth-order valence-electron chi connectivity index (χ4n) is 12.3. The maximum Gasteiger partial charge on any atom is 0.407 e. The van der Waals surface area contributed by atoms with E-state index < -0.39 is 95.7 Å². The van der Waals surface area contributed by atoms with E-state index in [1.165, 1.54) is 58.3 Å². The molecule has 0 bridgehead atoms. The van der Waals surface area contributed by atoms with Crippen molar-refractivity contribution < 1.29 is 55.7 Å². The van der Waals surface area contributed by atoms with E-state index in [0.717, 1.165) is 0 Å². The number of imidazole rings is 2.